The van der Waals surface area contributed by atoms with Crippen LogP contribution < -0.4 is 5.73 Å². The number of amides is 1. The van der Waals surface area contributed by atoms with Gasteiger partial charge in [0, 0.05) is 32.7 Å². The second-order valence-electron chi connectivity index (χ2n) is 6.83. The number of hydrogen-bond donors (Lipinski definition) is 1. The number of hydrogen-bond acceptors (Lipinski definition) is 3. The van der Waals surface area contributed by atoms with E-state index in [0.29, 0.717) is 0 Å². The van der Waals surface area contributed by atoms with Gasteiger partial charge in [0.05, 0.1) is 0 Å². The Kier molecular flexibility index (Phi) is 5.84. The number of carbonyl (C=O) groups is 1. The quantitative estimate of drug-likeness (QED) is 0.913. The van der Waals surface area contributed by atoms with Crippen molar-refractivity contribution in [2.75, 3.05) is 20.1 Å². The standard InChI is InChI=1S/C21H27N3O/c1-23(21(25)20(22)18-10-6-3-7-11-18)19-12-14-24(15-13-19)16-17-8-4-2-5-9-17/h2-11,19-20H,12-16,22H2,1H3. The van der Waals surface area contributed by atoms with Crippen molar-refractivity contribution in [3.05, 3.63) is 71.8 Å². The molecule has 132 valence electrons. The molecular weight excluding hydrogens is 310 g/mol. The lowest BCUT2D eigenvalue weighted by molar-refractivity contribution is -0.134. The number of likely N-dealkylation sites (N-methyl/N-ethyl adjacent to an activating group) is 1. The average Bonchev–Trinajstić information content (AvgIpc) is 2.68. The average molecular weight is 337 g/mol. The van der Waals surface area contributed by atoms with Crippen molar-refractivity contribution in [1.82, 2.24) is 9.80 Å². The monoisotopic (exact) mass is 337 g/mol. The summed E-state index contributed by atoms with van der Waals surface area (Å²) >= 11 is 0. The molecule has 1 aliphatic heterocycles. The predicted octanol–water partition coefficient (Wildman–Crippen LogP) is 2.81. The first-order valence-electron chi connectivity index (χ1n) is 8.98. The highest BCUT2D eigenvalue weighted by molar-refractivity contribution is 5.83. The number of nitrogens with zero attached hydrogens (tertiary/aromatic N) is 2. The van der Waals surface area contributed by atoms with Gasteiger partial charge in [0.1, 0.15) is 6.04 Å². The van der Waals surface area contributed by atoms with Crippen LogP contribution in [0.3, 0.4) is 0 Å². The van der Waals surface area contributed by atoms with E-state index in [2.05, 4.69) is 29.2 Å². The van der Waals surface area contributed by atoms with Crippen molar-refractivity contribution in [2.45, 2.75) is 31.5 Å². The van der Waals surface area contributed by atoms with Crippen molar-refractivity contribution >= 4 is 5.91 Å². The number of nitrogens with two attached hydrogens (primary N) is 1. The van der Waals surface area contributed by atoms with Crippen LogP contribution in [0.25, 0.3) is 0 Å². The van der Waals surface area contributed by atoms with E-state index in [4.69, 9.17) is 5.73 Å². The molecule has 1 fully saturated rings. The lowest BCUT2D eigenvalue weighted by Crippen LogP contribution is -2.47. The Morgan fingerprint density at radius 3 is 2.24 bits per heavy atom. The summed E-state index contributed by atoms with van der Waals surface area (Å²) < 4.78 is 0. The highest BCUT2D eigenvalue weighted by Gasteiger charge is 2.28. The van der Waals surface area contributed by atoms with Crippen LogP contribution >= 0.6 is 0 Å². The van der Waals surface area contributed by atoms with Crippen LogP contribution in [0.2, 0.25) is 0 Å². The Hall–Kier alpha value is -2.17. The van der Waals surface area contributed by atoms with Gasteiger partial charge in [0.25, 0.3) is 0 Å². The maximum Gasteiger partial charge on any atom is 0.244 e. The molecule has 1 heterocycles. The molecule has 0 bridgehead atoms. The normalized spacial score (nSPS) is 17.2. The van der Waals surface area contributed by atoms with Gasteiger partial charge in [0.15, 0.2) is 0 Å². The fourth-order valence-corrected chi connectivity index (χ4v) is 3.51. The summed E-state index contributed by atoms with van der Waals surface area (Å²) in [5, 5.41) is 0. The zero-order valence-electron chi connectivity index (χ0n) is 14.8. The van der Waals surface area contributed by atoms with E-state index < -0.39 is 6.04 Å². The summed E-state index contributed by atoms with van der Waals surface area (Å²) in [6.07, 6.45) is 1.99. The summed E-state index contributed by atoms with van der Waals surface area (Å²) in [5.74, 6) is 0.00714. The Morgan fingerprint density at radius 2 is 1.64 bits per heavy atom. The molecule has 25 heavy (non-hydrogen) atoms. The fourth-order valence-electron chi connectivity index (χ4n) is 3.51. The smallest absolute Gasteiger partial charge is 0.244 e. The fraction of sp³-hybridized carbons (Fsp3) is 0.381. The summed E-state index contributed by atoms with van der Waals surface area (Å²) in [6.45, 7) is 3.00. The van der Waals surface area contributed by atoms with E-state index in [1.165, 1.54) is 5.56 Å². The van der Waals surface area contributed by atoms with Crippen LogP contribution in [-0.2, 0) is 11.3 Å². The molecule has 0 aromatic heterocycles. The zero-order valence-corrected chi connectivity index (χ0v) is 14.8. The van der Waals surface area contributed by atoms with Gasteiger partial charge in [0.2, 0.25) is 5.91 Å². The molecule has 1 saturated heterocycles. The maximum atomic E-state index is 12.7. The van der Waals surface area contributed by atoms with E-state index >= 15 is 0 Å². The molecule has 3 rings (SSSR count). The molecule has 2 N–H and O–H groups in total. The Labute approximate surface area is 150 Å². The van der Waals surface area contributed by atoms with Crippen LogP contribution in [0.1, 0.15) is 30.0 Å². The van der Waals surface area contributed by atoms with Crippen molar-refractivity contribution < 1.29 is 4.79 Å². The molecule has 0 spiro atoms. The van der Waals surface area contributed by atoms with Crippen LogP contribution in [0.4, 0.5) is 0 Å². The Balaban J connectivity index is 1.52. The van der Waals surface area contributed by atoms with Crippen LogP contribution in [0.15, 0.2) is 60.7 Å². The number of rotatable bonds is 5. The Bertz CT molecular complexity index is 666. The lowest BCUT2D eigenvalue weighted by atomic mass is 10.0. The summed E-state index contributed by atoms with van der Waals surface area (Å²) in [5.41, 5.74) is 8.39. The summed E-state index contributed by atoms with van der Waals surface area (Å²) in [7, 11) is 1.89. The first kappa shape index (κ1) is 17.6. The molecule has 1 atom stereocenters. The topological polar surface area (TPSA) is 49.6 Å². The molecule has 0 radical (unpaired) electrons. The van der Waals surface area contributed by atoms with Crippen molar-refractivity contribution in [2.24, 2.45) is 5.73 Å². The van der Waals surface area contributed by atoms with Crippen molar-refractivity contribution in [3.8, 4) is 0 Å². The SMILES string of the molecule is CN(C(=O)C(N)c1ccccc1)C1CCN(Cc2ccccc2)CC1. The molecule has 4 nitrogen and oxygen atoms in total. The van der Waals surface area contributed by atoms with Gasteiger partial charge in [-0.1, -0.05) is 60.7 Å². The molecule has 0 aliphatic carbocycles. The van der Waals surface area contributed by atoms with Crippen LogP contribution in [0, 0.1) is 0 Å². The molecule has 1 aliphatic rings. The molecular formula is C21H27N3O. The van der Waals surface area contributed by atoms with Crippen LogP contribution in [-0.4, -0.2) is 41.9 Å². The largest absolute Gasteiger partial charge is 0.341 e. The molecule has 1 amide bonds. The van der Waals surface area contributed by atoms with Gasteiger partial charge in [-0.05, 0) is 24.0 Å². The predicted molar refractivity (Wildman–Crippen MR) is 101 cm³/mol. The lowest BCUT2D eigenvalue weighted by Gasteiger charge is -2.37. The van der Waals surface area contributed by atoms with Gasteiger partial charge < -0.3 is 10.6 Å². The minimum atomic E-state index is -0.575. The van der Waals surface area contributed by atoms with E-state index in [1.807, 2.05) is 48.3 Å². The molecule has 4 heteroatoms. The van der Waals surface area contributed by atoms with E-state index in [1.54, 1.807) is 0 Å². The number of benzene rings is 2. The molecule has 1 unspecified atom stereocenters. The van der Waals surface area contributed by atoms with Gasteiger partial charge in [-0.25, -0.2) is 0 Å². The van der Waals surface area contributed by atoms with E-state index in [0.717, 1.165) is 38.0 Å². The van der Waals surface area contributed by atoms with Gasteiger partial charge in [-0.2, -0.15) is 0 Å². The third kappa shape index (κ3) is 4.47. The summed E-state index contributed by atoms with van der Waals surface area (Å²) in [6, 6.07) is 19.9. The van der Waals surface area contributed by atoms with Gasteiger partial charge in [-0.3, -0.25) is 9.69 Å². The minimum Gasteiger partial charge on any atom is -0.341 e. The highest BCUT2D eigenvalue weighted by Crippen LogP contribution is 2.20. The molecule has 2 aromatic carbocycles. The second-order valence-corrected chi connectivity index (χ2v) is 6.83. The summed E-state index contributed by atoms with van der Waals surface area (Å²) in [4.78, 5) is 17.0. The van der Waals surface area contributed by atoms with E-state index in [-0.39, 0.29) is 11.9 Å². The minimum absolute atomic E-state index is 0.00714. The van der Waals surface area contributed by atoms with Gasteiger partial charge >= 0.3 is 0 Å². The van der Waals surface area contributed by atoms with Crippen molar-refractivity contribution in [1.29, 1.82) is 0 Å². The third-order valence-electron chi connectivity index (χ3n) is 5.13. The first-order chi connectivity index (χ1) is 12.1. The maximum absolute atomic E-state index is 12.7. The highest BCUT2D eigenvalue weighted by atomic mass is 16.2. The first-order valence-corrected chi connectivity index (χ1v) is 8.98. The van der Waals surface area contributed by atoms with Gasteiger partial charge in [-0.15, -0.1) is 0 Å². The second kappa shape index (κ2) is 8.28. The van der Waals surface area contributed by atoms with Crippen molar-refractivity contribution in [3.63, 3.8) is 0 Å². The Morgan fingerprint density at radius 1 is 1.08 bits per heavy atom. The zero-order chi connectivity index (χ0) is 17.6. The van der Waals surface area contributed by atoms with E-state index in [9.17, 15) is 4.79 Å². The molecule has 2 aromatic rings. The third-order valence-corrected chi connectivity index (χ3v) is 5.13. The number of piperidine rings is 1. The number of likely N-dealkylation sites (tertiary alicyclic amines) is 1. The molecule has 0 saturated carbocycles. The van der Waals surface area contributed by atoms with Crippen LogP contribution in [0.5, 0.6) is 0 Å². The number of carbonyl (C=O) groups excluding carboxylic acids is 1.